The van der Waals surface area contributed by atoms with Crippen molar-refractivity contribution in [3.8, 4) is 5.75 Å². The van der Waals surface area contributed by atoms with E-state index in [-0.39, 0.29) is 0 Å². The highest BCUT2D eigenvalue weighted by Crippen LogP contribution is 2.23. The highest BCUT2D eigenvalue weighted by molar-refractivity contribution is 9.09. The minimum atomic E-state index is 0.736. The first-order valence-electron chi connectivity index (χ1n) is 5.48. The van der Waals surface area contributed by atoms with Crippen molar-refractivity contribution in [3.63, 3.8) is 0 Å². The van der Waals surface area contributed by atoms with E-state index in [4.69, 9.17) is 4.74 Å². The van der Waals surface area contributed by atoms with Crippen LogP contribution in [0.5, 0.6) is 5.75 Å². The fraction of sp³-hybridized carbons (Fsp3) is 0.538. The molecule has 0 saturated heterocycles. The lowest BCUT2D eigenvalue weighted by Crippen LogP contribution is -1.98. The zero-order valence-electron chi connectivity index (χ0n) is 9.77. The lowest BCUT2D eigenvalue weighted by Gasteiger charge is -2.12. The molecule has 0 N–H and O–H groups in total. The standard InChI is InChI=1S/C13H19BrO/c1-4-15-12-8-10(2)13(6-5-7-14)11(3)9-12/h8-9H,4-7H2,1-3H3. The molecule has 1 rings (SSSR count). The van der Waals surface area contributed by atoms with Crippen LogP contribution in [0.25, 0.3) is 0 Å². The summed E-state index contributed by atoms with van der Waals surface area (Å²) in [5, 5.41) is 1.07. The molecule has 0 aliphatic carbocycles. The van der Waals surface area contributed by atoms with Crippen molar-refractivity contribution in [1.29, 1.82) is 0 Å². The molecule has 0 bridgehead atoms. The predicted molar refractivity (Wildman–Crippen MR) is 69.2 cm³/mol. The third-order valence-corrected chi connectivity index (χ3v) is 3.10. The van der Waals surface area contributed by atoms with E-state index in [0.717, 1.165) is 24.1 Å². The second-order valence-corrected chi connectivity index (χ2v) is 4.55. The Kier molecular flexibility index (Phi) is 5.16. The molecule has 0 unspecified atom stereocenters. The number of ether oxygens (including phenoxy) is 1. The molecule has 0 heterocycles. The molecule has 0 saturated carbocycles. The molecular weight excluding hydrogens is 252 g/mol. The molecule has 0 radical (unpaired) electrons. The van der Waals surface area contributed by atoms with Crippen molar-refractivity contribution < 1.29 is 4.74 Å². The van der Waals surface area contributed by atoms with Crippen molar-refractivity contribution >= 4 is 15.9 Å². The maximum Gasteiger partial charge on any atom is 0.119 e. The van der Waals surface area contributed by atoms with Crippen LogP contribution in [0.1, 0.15) is 30.0 Å². The van der Waals surface area contributed by atoms with Crippen LogP contribution in [0.2, 0.25) is 0 Å². The number of halogens is 1. The summed E-state index contributed by atoms with van der Waals surface area (Å²) >= 11 is 3.47. The molecule has 15 heavy (non-hydrogen) atoms. The molecule has 0 spiro atoms. The maximum absolute atomic E-state index is 5.52. The van der Waals surface area contributed by atoms with Gasteiger partial charge in [0, 0.05) is 5.33 Å². The van der Waals surface area contributed by atoms with Gasteiger partial charge in [-0.15, -0.1) is 0 Å². The van der Waals surface area contributed by atoms with Crippen LogP contribution < -0.4 is 4.74 Å². The van der Waals surface area contributed by atoms with Gasteiger partial charge >= 0.3 is 0 Å². The number of hydrogen-bond acceptors (Lipinski definition) is 1. The number of rotatable bonds is 5. The minimum Gasteiger partial charge on any atom is -0.494 e. The van der Waals surface area contributed by atoms with E-state index in [1.54, 1.807) is 0 Å². The Morgan fingerprint density at radius 2 is 1.80 bits per heavy atom. The first-order chi connectivity index (χ1) is 7.19. The van der Waals surface area contributed by atoms with Crippen molar-refractivity contribution in [2.24, 2.45) is 0 Å². The summed E-state index contributed by atoms with van der Waals surface area (Å²) in [6.45, 7) is 7.08. The van der Waals surface area contributed by atoms with Crippen molar-refractivity contribution in [2.75, 3.05) is 11.9 Å². The highest BCUT2D eigenvalue weighted by atomic mass is 79.9. The third-order valence-electron chi connectivity index (χ3n) is 2.54. The second-order valence-electron chi connectivity index (χ2n) is 3.76. The summed E-state index contributed by atoms with van der Waals surface area (Å²) < 4.78 is 5.52. The summed E-state index contributed by atoms with van der Waals surface area (Å²) in [5.41, 5.74) is 4.16. The predicted octanol–water partition coefficient (Wildman–Crippen LogP) is 4.03. The van der Waals surface area contributed by atoms with Gasteiger partial charge in [-0.05, 0) is 62.4 Å². The maximum atomic E-state index is 5.52. The molecule has 1 aromatic rings. The summed E-state index contributed by atoms with van der Waals surface area (Å²) in [7, 11) is 0. The van der Waals surface area contributed by atoms with E-state index in [1.165, 1.54) is 23.1 Å². The first kappa shape index (κ1) is 12.6. The molecule has 2 heteroatoms. The zero-order valence-corrected chi connectivity index (χ0v) is 11.4. The Morgan fingerprint density at radius 3 is 2.27 bits per heavy atom. The van der Waals surface area contributed by atoms with Crippen molar-refractivity contribution in [3.05, 3.63) is 28.8 Å². The Balaban J connectivity index is 2.88. The van der Waals surface area contributed by atoms with Gasteiger partial charge in [0.05, 0.1) is 6.61 Å². The van der Waals surface area contributed by atoms with Gasteiger partial charge in [0.15, 0.2) is 0 Å². The van der Waals surface area contributed by atoms with Gasteiger partial charge in [0.2, 0.25) is 0 Å². The van der Waals surface area contributed by atoms with Crippen LogP contribution in [0, 0.1) is 13.8 Å². The van der Waals surface area contributed by atoms with Crippen LogP contribution >= 0.6 is 15.9 Å². The molecule has 1 aromatic carbocycles. The first-order valence-corrected chi connectivity index (χ1v) is 6.60. The highest BCUT2D eigenvalue weighted by Gasteiger charge is 2.05. The van der Waals surface area contributed by atoms with E-state index >= 15 is 0 Å². The van der Waals surface area contributed by atoms with Gasteiger partial charge in [-0.3, -0.25) is 0 Å². The van der Waals surface area contributed by atoms with Crippen LogP contribution in [0.15, 0.2) is 12.1 Å². The van der Waals surface area contributed by atoms with Gasteiger partial charge in [-0.25, -0.2) is 0 Å². The number of hydrogen-bond donors (Lipinski definition) is 0. The number of benzene rings is 1. The van der Waals surface area contributed by atoms with Gasteiger partial charge in [-0.2, -0.15) is 0 Å². The van der Waals surface area contributed by atoms with Crippen LogP contribution in [-0.2, 0) is 6.42 Å². The van der Waals surface area contributed by atoms with E-state index in [9.17, 15) is 0 Å². The van der Waals surface area contributed by atoms with E-state index in [0.29, 0.717) is 0 Å². The molecule has 0 aliphatic heterocycles. The lowest BCUT2D eigenvalue weighted by atomic mass is 9.98. The molecular formula is C13H19BrO. The summed E-state index contributed by atoms with van der Waals surface area (Å²) in [6.07, 6.45) is 2.34. The minimum absolute atomic E-state index is 0.736. The molecule has 0 atom stereocenters. The smallest absolute Gasteiger partial charge is 0.119 e. The number of aryl methyl sites for hydroxylation is 2. The largest absolute Gasteiger partial charge is 0.494 e. The Hall–Kier alpha value is -0.500. The molecule has 0 fully saturated rings. The molecule has 0 aromatic heterocycles. The van der Waals surface area contributed by atoms with E-state index in [2.05, 4.69) is 41.9 Å². The van der Waals surface area contributed by atoms with Gasteiger partial charge in [-0.1, -0.05) is 15.9 Å². The molecule has 84 valence electrons. The Bertz CT molecular complexity index is 297. The second kappa shape index (κ2) is 6.16. The van der Waals surface area contributed by atoms with E-state index in [1.807, 2.05) is 6.92 Å². The van der Waals surface area contributed by atoms with Crippen molar-refractivity contribution in [1.82, 2.24) is 0 Å². The van der Waals surface area contributed by atoms with Gasteiger partial charge < -0.3 is 4.74 Å². The van der Waals surface area contributed by atoms with Crippen molar-refractivity contribution in [2.45, 2.75) is 33.6 Å². The zero-order chi connectivity index (χ0) is 11.3. The molecule has 1 nitrogen and oxygen atoms in total. The van der Waals surface area contributed by atoms with E-state index < -0.39 is 0 Å². The summed E-state index contributed by atoms with van der Waals surface area (Å²) in [5.74, 6) is 0.995. The fourth-order valence-electron chi connectivity index (χ4n) is 1.84. The van der Waals surface area contributed by atoms with Crippen LogP contribution in [0.4, 0.5) is 0 Å². The lowest BCUT2D eigenvalue weighted by molar-refractivity contribution is 0.339. The summed E-state index contributed by atoms with van der Waals surface area (Å²) in [4.78, 5) is 0. The van der Waals surface area contributed by atoms with Crippen LogP contribution in [-0.4, -0.2) is 11.9 Å². The average molecular weight is 271 g/mol. The topological polar surface area (TPSA) is 9.23 Å². The van der Waals surface area contributed by atoms with Gasteiger partial charge in [0.25, 0.3) is 0 Å². The summed E-state index contributed by atoms with van der Waals surface area (Å²) in [6, 6.07) is 4.28. The SMILES string of the molecule is CCOc1cc(C)c(CCCBr)c(C)c1. The average Bonchev–Trinajstić information content (AvgIpc) is 2.17. The fourth-order valence-corrected chi connectivity index (χ4v) is 2.12. The molecule has 0 aliphatic rings. The molecule has 0 amide bonds. The monoisotopic (exact) mass is 270 g/mol. The van der Waals surface area contributed by atoms with Crippen LogP contribution in [0.3, 0.4) is 0 Å². The quantitative estimate of drug-likeness (QED) is 0.735. The van der Waals surface area contributed by atoms with Gasteiger partial charge in [0.1, 0.15) is 5.75 Å². The Morgan fingerprint density at radius 1 is 1.20 bits per heavy atom. The normalized spacial score (nSPS) is 10.4. The Labute approximate surface area is 101 Å². The third kappa shape index (κ3) is 3.53. The number of alkyl halides is 1.